The number of hydrogen-bond acceptors (Lipinski definition) is 4. The summed E-state index contributed by atoms with van der Waals surface area (Å²) < 4.78 is 0. The Morgan fingerprint density at radius 3 is 2.47 bits per heavy atom. The van der Waals surface area contributed by atoms with E-state index in [1.54, 1.807) is 0 Å². The minimum absolute atomic E-state index is 0. The summed E-state index contributed by atoms with van der Waals surface area (Å²) in [5.74, 6) is 0.739. The Balaban J connectivity index is 0.00000180. The van der Waals surface area contributed by atoms with Gasteiger partial charge in [0, 0.05) is 11.1 Å². The first-order valence-corrected chi connectivity index (χ1v) is 7.68. The number of nitrogens with two attached hydrogens (primary N) is 1. The molecule has 0 spiro atoms. The monoisotopic (exact) mass is 303 g/mol. The maximum Gasteiger partial charge on any atom is 0.107 e. The lowest BCUT2D eigenvalue weighted by molar-refractivity contribution is 0.180. The van der Waals surface area contributed by atoms with Crippen LogP contribution in [-0.4, -0.2) is 29.5 Å². The lowest BCUT2D eigenvalue weighted by atomic mass is 9.96. The molecule has 1 saturated heterocycles. The molecule has 1 fully saturated rings. The van der Waals surface area contributed by atoms with Crippen LogP contribution in [-0.2, 0) is 12.0 Å². The summed E-state index contributed by atoms with van der Waals surface area (Å²) in [7, 11) is 0. The highest BCUT2D eigenvalue weighted by Crippen LogP contribution is 2.28. The molecule has 1 aliphatic heterocycles. The van der Waals surface area contributed by atoms with Gasteiger partial charge in [-0.05, 0) is 43.8 Å². The quantitative estimate of drug-likeness (QED) is 0.933. The highest BCUT2D eigenvalue weighted by molar-refractivity contribution is 7.11. The molecular formula is C14H26ClN3S. The largest absolute Gasteiger partial charge is 0.330 e. The Hall–Kier alpha value is -0.160. The fourth-order valence-corrected chi connectivity index (χ4v) is 3.32. The Morgan fingerprint density at radius 2 is 2.00 bits per heavy atom. The summed E-state index contributed by atoms with van der Waals surface area (Å²) in [6, 6.07) is 0. The van der Waals surface area contributed by atoms with Crippen molar-refractivity contribution < 1.29 is 0 Å². The van der Waals surface area contributed by atoms with Crippen LogP contribution >= 0.6 is 23.7 Å². The van der Waals surface area contributed by atoms with Gasteiger partial charge in [0.25, 0.3) is 0 Å². The second kappa shape index (κ2) is 7.02. The first-order valence-electron chi connectivity index (χ1n) is 6.86. The summed E-state index contributed by atoms with van der Waals surface area (Å²) in [5.41, 5.74) is 5.95. The number of rotatable bonds is 3. The van der Waals surface area contributed by atoms with Crippen molar-refractivity contribution in [3.8, 4) is 0 Å². The molecule has 0 radical (unpaired) electrons. The lowest BCUT2D eigenvalue weighted by Gasteiger charge is -2.30. The van der Waals surface area contributed by atoms with E-state index < -0.39 is 0 Å². The highest BCUT2D eigenvalue weighted by Gasteiger charge is 2.21. The van der Waals surface area contributed by atoms with Gasteiger partial charge < -0.3 is 5.73 Å². The molecule has 2 rings (SSSR count). The normalized spacial score (nSPS) is 18.3. The average molecular weight is 304 g/mol. The van der Waals surface area contributed by atoms with E-state index in [-0.39, 0.29) is 17.8 Å². The number of halogens is 1. The molecule has 110 valence electrons. The Bertz CT molecular complexity index is 378. The molecule has 3 nitrogen and oxygen atoms in total. The van der Waals surface area contributed by atoms with Crippen molar-refractivity contribution in [1.82, 2.24) is 9.88 Å². The smallest absolute Gasteiger partial charge is 0.107 e. The van der Waals surface area contributed by atoms with Gasteiger partial charge in [0.2, 0.25) is 0 Å². The van der Waals surface area contributed by atoms with Crippen molar-refractivity contribution in [1.29, 1.82) is 0 Å². The van der Waals surface area contributed by atoms with Crippen LogP contribution < -0.4 is 5.73 Å². The third kappa shape index (κ3) is 4.71. The van der Waals surface area contributed by atoms with E-state index in [0.717, 1.165) is 19.0 Å². The van der Waals surface area contributed by atoms with Crippen molar-refractivity contribution in [3.63, 3.8) is 0 Å². The molecule has 0 atom stereocenters. The zero-order chi connectivity index (χ0) is 13.2. The van der Waals surface area contributed by atoms with Crippen LogP contribution in [0, 0.1) is 5.92 Å². The minimum atomic E-state index is 0. The third-order valence-corrected chi connectivity index (χ3v) is 5.10. The van der Waals surface area contributed by atoms with Gasteiger partial charge in [0.15, 0.2) is 0 Å². The number of hydrogen-bond donors (Lipinski definition) is 1. The van der Waals surface area contributed by atoms with Crippen LogP contribution in [0.2, 0.25) is 0 Å². The van der Waals surface area contributed by atoms with Crippen LogP contribution in [0.5, 0.6) is 0 Å². The zero-order valence-electron chi connectivity index (χ0n) is 12.2. The first-order chi connectivity index (χ1) is 8.49. The van der Waals surface area contributed by atoms with Crippen LogP contribution in [0.4, 0.5) is 0 Å². The number of aromatic nitrogens is 1. The fourth-order valence-electron chi connectivity index (χ4n) is 2.30. The van der Waals surface area contributed by atoms with Crippen LogP contribution in [0.15, 0.2) is 6.20 Å². The van der Waals surface area contributed by atoms with Crippen molar-refractivity contribution in [2.75, 3.05) is 19.6 Å². The van der Waals surface area contributed by atoms with Crippen molar-refractivity contribution in [2.24, 2.45) is 11.7 Å². The maximum atomic E-state index is 5.72. The Morgan fingerprint density at radius 1 is 1.37 bits per heavy atom. The summed E-state index contributed by atoms with van der Waals surface area (Å²) in [6.07, 6.45) is 4.54. The van der Waals surface area contributed by atoms with Gasteiger partial charge in [-0.25, -0.2) is 4.98 Å². The van der Waals surface area contributed by atoms with Gasteiger partial charge in [-0.3, -0.25) is 4.90 Å². The van der Waals surface area contributed by atoms with E-state index in [2.05, 4.69) is 30.7 Å². The van der Waals surface area contributed by atoms with Crippen molar-refractivity contribution in [3.05, 3.63) is 16.1 Å². The molecule has 0 saturated carbocycles. The number of piperidine rings is 1. The Labute approximate surface area is 127 Å². The van der Waals surface area contributed by atoms with Gasteiger partial charge in [-0.1, -0.05) is 20.8 Å². The van der Waals surface area contributed by atoms with E-state index in [1.807, 2.05) is 17.5 Å². The molecule has 5 heteroatoms. The SMILES string of the molecule is CC(C)(C)c1cnc(CN2CCC(CN)CC2)s1.Cl. The van der Waals surface area contributed by atoms with E-state index >= 15 is 0 Å². The van der Waals surface area contributed by atoms with Crippen molar-refractivity contribution >= 4 is 23.7 Å². The molecule has 0 unspecified atom stereocenters. The molecule has 19 heavy (non-hydrogen) atoms. The molecule has 0 aliphatic carbocycles. The average Bonchev–Trinajstić information content (AvgIpc) is 2.78. The molecule has 1 aliphatic rings. The molecule has 0 bridgehead atoms. The number of likely N-dealkylation sites (tertiary alicyclic amines) is 1. The van der Waals surface area contributed by atoms with Crippen LogP contribution in [0.1, 0.15) is 43.5 Å². The fraction of sp³-hybridized carbons (Fsp3) is 0.786. The van der Waals surface area contributed by atoms with Gasteiger partial charge in [0.1, 0.15) is 5.01 Å². The van der Waals surface area contributed by atoms with E-state index in [1.165, 1.54) is 35.8 Å². The Kier molecular flexibility index (Phi) is 6.24. The van der Waals surface area contributed by atoms with Gasteiger partial charge in [-0.2, -0.15) is 0 Å². The van der Waals surface area contributed by atoms with E-state index in [4.69, 9.17) is 5.73 Å². The molecule has 1 aromatic rings. The summed E-state index contributed by atoms with van der Waals surface area (Å²) in [6.45, 7) is 10.9. The van der Waals surface area contributed by atoms with Gasteiger partial charge in [-0.15, -0.1) is 23.7 Å². The summed E-state index contributed by atoms with van der Waals surface area (Å²) >= 11 is 1.86. The lowest BCUT2D eigenvalue weighted by Crippen LogP contribution is -2.35. The first kappa shape index (κ1) is 16.9. The predicted octanol–water partition coefficient (Wildman–Crippen LogP) is 3.03. The van der Waals surface area contributed by atoms with Crippen LogP contribution in [0.25, 0.3) is 0 Å². The minimum Gasteiger partial charge on any atom is -0.330 e. The molecular weight excluding hydrogens is 278 g/mol. The van der Waals surface area contributed by atoms with Crippen LogP contribution in [0.3, 0.4) is 0 Å². The maximum absolute atomic E-state index is 5.72. The van der Waals surface area contributed by atoms with Gasteiger partial charge >= 0.3 is 0 Å². The van der Waals surface area contributed by atoms with Gasteiger partial charge in [0.05, 0.1) is 6.54 Å². The molecule has 1 aromatic heterocycles. The summed E-state index contributed by atoms with van der Waals surface area (Å²) in [4.78, 5) is 8.46. The van der Waals surface area contributed by atoms with Crippen molar-refractivity contribution in [2.45, 2.75) is 45.6 Å². The zero-order valence-corrected chi connectivity index (χ0v) is 13.8. The molecule has 0 aromatic carbocycles. The number of nitrogens with zero attached hydrogens (tertiary/aromatic N) is 2. The van der Waals surface area contributed by atoms with E-state index in [0.29, 0.717) is 0 Å². The number of thiazole rings is 1. The molecule has 2 heterocycles. The molecule has 2 N–H and O–H groups in total. The topological polar surface area (TPSA) is 42.2 Å². The molecule has 0 amide bonds. The second-order valence-corrected chi connectivity index (χ2v) is 7.44. The standard InChI is InChI=1S/C14H25N3S.ClH/c1-14(2,3)12-9-16-13(18-12)10-17-6-4-11(8-15)5-7-17;/h9,11H,4-8,10,15H2,1-3H3;1H. The highest BCUT2D eigenvalue weighted by atomic mass is 35.5. The second-order valence-electron chi connectivity index (χ2n) is 6.32. The third-order valence-electron chi connectivity index (χ3n) is 3.69. The summed E-state index contributed by atoms with van der Waals surface area (Å²) in [5, 5.41) is 1.26. The van der Waals surface area contributed by atoms with E-state index in [9.17, 15) is 0 Å². The predicted molar refractivity (Wildman–Crippen MR) is 85.1 cm³/mol.